The summed E-state index contributed by atoms with van der Waals surface area (Å²) in [4.78, 5) is 14.9. The molecule has 4 saturated heterocycles. The fourth-order valence-corrected chi connectivity index (χ4v) is 6.04. The Balaban J connectivity index is 1.67. The molecule has 6 nitrogen and oxygen atoms in total. The number of ether oxygens (including phenoxy) is 2. The molecule has 4 fully saturated rings. The van der Waals surface area contributed by atoms with Gasteiger partial charge in [-0.05, 0) is 32.0 Å². The molecule has 0 saturated carbocycles. The number of benzene rings is 1. The number of anilines is 1. The molecule has 0 aliphatic carbocycles. The second kappa shape index (κ2) is 5.31. The lowest BCUT2D eigenvalue weighted by Gasteiger charge is -2.46. The molecule has 4 aliphatic rings. The number of alkyl halides is 3. The first-order chi connectivity index (χ1) is 13.5. The SMILES string of the molecule is C[C@@]12C[C@H](O)[C@]3(CCO[C@H]4[C@@H]3[C@]1(C)C(=O)N4c1ccc(C#N)c(C(F)(F)F)c1)O2. The molecule has 154 valence electrons. The molecule has 6 atom stereocenters. The Bertz CT molecular complexity index is 975. The number of rotatable bonds is 1. The van der Waals surface area contributed by atoms with Crippen LogP contribution in [0.15, 0.2) is 18.2 Å². The molecule has 9 heteroatoms. The van der Waals surface area contributed by atoms with Crippen molar-refractivity contribution in [3.63, 3.8) is 0 Å². The van der Waals surface area contributed by atoms with Gasteiger partial charge in [-0.1, -0.05) is 0 Å². The summed E-state index contributed by atoms with van der Waals surface area (Å²) in [5.74, 6) is -0.890. The van der Waals surface area contributed by atoms with E-state index in [0.29, 0.717) is 6.42 Å². The first-order valence-electron chi connectivity index (χ1n) is 9.44. The second-order valence-corrected chi connectivity index (χ2v) is 8.71. The molecule has 1 aromatic carbocycles. The minimum atomic E-state index is -4.73. The van der Waals surface area contributed by atoms with Crippen LogP contribution in [0.3, 0.4) is 0 Å². The van der Waals surface area contributed by atoms with Crippen LogP contribution in [0.25, 0.3) is 0 Å². The van der Waals surface area contributed by atoms with Crippen molar-refractivity contribution in [3.8, 4) is 6.07 Å². The highest BCUT2D eigenvalue weighted by molar-refractivity contribution is 6.02. The fraction of sp³-hybridized carbons (Fsp3) is 0.600. The highest BCUT2D eigenvalue weighted by Crippen LogP contribution is 2.71. The van der Waals surface area contributed by atoms with Crippen molar-refractivity contribution in [2.75, 3.05) is 11.5 Å². The van der Waals surface area contributed by atoms with E-state index in [2.05, 4.69) is 0 Å². The van der Waals surface area contributed by atoms with E-state index in [-0.39, 0.29) is 24.6 Å². The third kappa shape index (κ3) is 2.00. The Morgan fingerprint density at radius 3 is 2.72 bits per heavy atom. The minimum Gasteiger partial charge on any atom is -0.390 e. The van der Waals surface area contributed by atoms with E-state index in [0.717, 1.165) is 12.1 Å². The molecule has 1 spiro atoms. The molecule has 0 radical (unpaired) electrons. The van der Waals surface area contributed by atoms with Crippen LogP contribution in [-0.2, 0) is 20.4 Å². The third-order valence-corrected chi connectivity index (χ3v) is 7.50. The van der Waals surface area contributed by atoms with Crippen LogP contribution in [0, 0.1) is 22.7 Å². The Morgan fingerprint density at radius 2 is 2.07 bits per heavy atom. The predicted molar refractivity (Wildman–Crippen MR) is 92.4 cm³/mol. The van der Waals surface area contributed by atoms with Gasteiger partial charge >= 0.3 is 6.18 Å². The Morgan fingerprint density at radius 1 is 1.34 bits per heavy atom. The summed E-state index contributed by atoms with van der Waals surface area (Å²) in [6, 6.07) is 4.78. The summed E-state index contributed by atoms with van der Waals surface area (Å²) >= 11 is 0. The first kappa shape index (κ1) is 18.9. The number of fused-ring (bicyclic) bond motifs is 2. The maximum atomic E-state index is 13.6. The largest absolute Gasteiger partial charge is 0.417 e. The van der Waals surface area contributed by atoms with E-state index in [9.17, 15) is 23.1 Å². The molecule has 4 heterocycles. The molecule has 5 rings (SSSR count). The third-order valence-electron chi connectivity index (χ3n) is 7.50. The highest BCUT2D eigenvalue weighted by Gasteiger charge is 2.83. The lowest BCUT2D eigenvalue weighted by molar-refractivity contribution is -0.164. The Kier molecular flexibility index (Phi) is 3.45. The van der Waals surface area contributed by atoms with Crippen LogP contribution in [0.4, 0.5) is 18.9 Å². The minimum absolute atomic E-state index is 0.0245. The van der Waals surface area contributed by atoms with Gasteiger partial charge in [-0.3, -0.25) is 9.69 Å². The van der Waals surface area contributed by atoms with Crippen LogP contribution in [0.1, 0.15) is 37.8 Å². The van der Waals surface area contributed by atoms with Crippen molar-refractivity contribution in [1.29, 1.82) is 5.26 Å². The van der Waals surface area contributed by atoms with Gasteiger partial charge in [0.25, 0.3) is 0 Å². The maximum Gasteiger partial charge on any atom is 0.417 e. The second-order valence-electron chi connectivity index (χ2n) is 8.71. The van der Waals surface area contributed by atoms with Crippen molar-refractivity contribution >= 4 is 11.6 Å². The van der Waals surface area contributed by atoms with Crippen molar-refractivity contribution in [1.82, 2.24) is 0 Å². The molecule has 0 unspecified atom stereocenters. The molecule has 0 aromatic heterocycles. The summed E-state index contributed by atoms with van der Waals surface area (Å²) in [7, 11) is 0. The maximum absolute atomic E-state index is 13.6. The Hall–Kier alpha value is -2.15. The van der Waals surface area contributed by atoms with Gasteiger partial charge in [0.05, 0.1) is 46.8 Å². The number of carbonyl (C=O) groups is 1. The number of halogens is 3. The van der Waals surface area contributed by atoms with Gasteiger partial charge in [0.15, 0.2) is 0 Å². The monoisotopic (exact) mass is 408 g/mol. The van der Waals surface area contributed by atoms with Gasteiger partial charge in [0.1, 0.15) is 11.8 Å². The van der Waals surface area contributed by atoms with Crippen molar-refractivity contribution in [2.45, 2.75) is 56.4 Å². The fourth-order valence-electron chi connectivity index (χ4n) is 6.04. The molecular weight excluding hydrogens is 389 g/mol. The summed E-state index contributed by atoms with van der Waals surface area (Å²) in [5, 5.41) is 19.8. The standard InChI is InChI=1S/C20H19F3N2O4/c1-17-8-13(26)19(29-17)5-6-28-15-14(19)18(17,2)16(27)25(15)11-4-3-10(9-24)12(7-11)20(21,22)23/h3-4,7,13-15,26H,5-6,8H2,1-2H3/t13-,14+,15-,17+,18+,19-/m0/s1. The zero-order valence-corrected chi connectivity index (χ0v) is 15.8. The van der Waals surface area contributed by atoms with Crippen LogP contribution < -0.4 is 4.90 Å². The van der Waals surface area contributed by atoms with Crippen molar-refractivity contribution in [2.24, 2.45) is 11.3 Å². The van der Waals surface area contributed by atoms with Crippen LogP contribution in [-0.4, -0.2) is 41.2 Å². The lowest BCUT2D eigenvalue weighted by Crippen LogP contribution is -2.59. The van der Waals surface area contributed by atoms with Crippen molar-refractivity contribution in [3.05, 3.63) is 29.3 Å². The average Bonchev–Trinajstić information content (AvgIpc) is 3.13. The molecule has 2 bridgehead atoms. The number of aliphatic hydroxyl groups is 1. The zero-order chi connectivity index (χ0) is 21.0. The van der Waals surface area contributed by atoms with Gasteiger partial charge in [0, 0.05) is 18.5 Å². The molecular formula is C20H19F3N2O4. The molecule has 1 aromatic rings. The van der Waals surface area contributed by atoms with E-state index < -0.39 is 52.2 Å². The number of hydrogen-bond donors (Lipinski definition) is 1. The van der Waals surface area contributed by atoms with E-state index in [4.69, 9.17) is 14.7 Å². The van der Waals surface area contributed by atoms with Crippen molar-refractivity contribution < 1.29 is 32.5 Å². The van der Waals surface area contributed by atoms with E-state index in [1.807, 2.05) is 0 Å². The zero-order valence-electron chi connectivity index (χ0n) is 15.8. The summed E-state index contributed by atoms with van der Waals surface area (Å²) in [6.07, 6.45) is -5.64. The topological polar surface area (TPSA) is 82.8 Å². The summed E-state index contributed by atoms with van der Waals surface area (Å²) in [6.45, 7) is 3.75. The van der Waals surface area contributed by atoms with Crippen LogP contribution in [0.2, 0.25) is 0 Å². The smallest absolute Gasteiger partial charge is 0.390 e. The number of amides is 1. The van der Waals surface area contributed by atoms with Crippen LogP contribution >= 0.6 is 0 Å². The van der Waals surface area contributed by atoms with Gasteiger partial charge < -0.3 is 14.6 Å². The number of carbonyl (C=O) groups excluding carboxylic acids is 1. The molecule has 4 aliphatic heterocycles. The van der Waals surface area contributed by atoms with Gasteiger partial charge in [-0.15, -0.1) is 0 Å². The quantitative estimate of drug-likeness (QED) is 0.773. The number of aliphatic hydroxyl groups excluding tert-OH is 1. The van der Waals surface area contributed by atoms with E-state index in [1.165, 1.54) is 11.0 Å². The van der Waals surface area contributed by atoms with Crippen LogP contribution in [0.5, 0.6) is 0 Å². The summed E-state index contributed by atoms with van der Waals surface area (Å²) in [5.41, 5.74) is -4.50. The van der Waals surface area contributed by atoms with E-state index >= 15 is 0 Å². The molecule has 1 amide bonds. The van der Waals surface area contributed by atoms with E-state index in [1.54, 1.807) is 19.9 Å². The normalized spacial score (nSPS) is 42.9. The first-order valence-corrected chi connectivity index (χ1v) is 9.44. The highest BCUT2D eigenvalue weighted by atomic mass is 19.4. The summed E-state index contributed by atoms with van der Waals surface area (Å²) < 4.78 is 52.5. The molecule has 29 heavy (non-hydrogen) atoms. The average molecular weight is 408 g/mol. The van der Waals surface area contributed by atoms with Gasteiger partial charge in [-0.2, -0.15) is 18.4 Å². The molecule has 1 N–H and O–H groups in total. The lowest BCUT2D eigenvalue weighted by atomic mass is 9.56. The number of hydrogen-bond acceptors (Lipinski definition) is 5. The Labute approximate surface area is 164 Å². The number of nitrogens with zero attached hydrogens (tertiary/aromatic N) is 2. The van der Waals surface area contributed by atoms with Gasteiger partial charge in [0.2, 0.25) is 5.91 Å². The predicted octanol–water partition coefficient (Wildman–Crippen LogP) is 2.58. The van der Waals surface area contributed by atoms with Gasteiger partial charge in [-0.25, -0.2) is 0 Å². The number of nitriles is 1.